The summed E-state index contributed by atoms with van der Waals surface area (Å²) in [5, 5.41) is 17.9. The van der Waals surface area contributed by atoms with Crippen LogP contribution in [-0.2, 0) is 13.1 Å². The Morgan fingerprint density at radius 2 is 2.02 bits per heavy atom. The number of aliphatic imine (C=N–C) groups is 1. The lowest BCUT2D eigenvalue weighted by atomic mass is 10.0. The molecule has 4 aromatic rings. The number of piperidine rings is 1. The van der Waals surface area contributed by atoms with Crippen LogP contribution in [0.5, 0.6) is 5.75 Å². The molecule has 2 aromatic heterocycles. The van der Waals surface area contributed by atoms with Crippen LogP contribution in [0, 0.1) is 11.2 Å². The van der Waals surface area contributed by atoms with E-state index in [4.69, 9.17) is 21.0 Å². The van der Waals surface area contributed by atoms with E-state index < -0.39 is 11.7 Å². The molecule has 1 saturated heterocycles. The highest BCUT2D eigenvalue weighted by atomic mass is 19.1. The number of likely N-dealkylation sites (tertiary alicyclic amines) is 1. The number of rotatable bonds is 9. The van der Waals surface area contributed by atoms with Crippen molar-refractivity contribution in [1.82, 2.24) is 35.3 Å². The van der Waals surface area contributed by atoms with E-state index in [0.29, 0.717) is 29.8 Å². The number of benzene rings is 2. The summed E-state index contributed by atoms with van der Waals surface area (Å²) in [6.45, 7) is 1.20. The van der Waals surface area contributed by atoms with Gasteiger partial charge in [0.25, 0.3) is 5.91 Å². The molecular weight excluding hydrogens is 555 g/mol. The number of hydrogen-bond donors (Lipinski definition) is 4. The summed E-state index contributed by atoms with van der Waals surface area (Å²) in [5.41, 5.74) is 9.14. The van der Waals surface area contributed by atoms with E-state index in [2.05, 4.69) is 25.6 Å². The van der Waals surface area contributed by atoms with E-state index in [1.807, 2.05) is 24.3 Å². The molecule has 5 N–H and O–H groups in total. The van der Waals surface area contributed by atoms with Crippen LogP contribution >= 0.6 is 0 Å². The Balaban J connectivity index is 1.35. The summed E-state index contributed by atoms with van der Waals surface area (Å²) >= 11 is 0. The van der Waals surface area contributed by atoms with Crippen molar-refractivity contribution >= 4 is 41.5 Å². The Bertz CT molecular complexity index is 1670. The van der Waals surface area contributed by atoms with Crippen LogP contribution in [0.2, 0.25) is 0 Å². The number of carbonyl (C=O) groups excluding carboxylic acids is 2. The van der Waals surface area contributed by atoms with Crippen LogP contribution < -0.4 is 21.1 Å². The van der Waals surface area contributed by atoms with Gasteiger partial charge >= 0.3 is 6.03 Å². The number of ether oxygens (including phenoxy) is 1. The van der Waals surface area contributed by atoms with Gasteiger partial charge in [-0.15, -0.1) is 0 Å². The molecule has 0 spiro atoms. The number of carbonyl (C=O) groups is 2. The Hall–Kier alpha value is -5.40. The monoisotopic (exact) mass is 586 g/mol. The first-order chi connectivity index (χ1) is 20.9. The summed E-state index contributed by atoms with van der Waals surface area (Å²) in [6, 6.07) is 10.8. The zero-order chi connectivity index (χ0) is 30.3. The third kappa shape index (κ3) is 6.42. The first-order valence-electron chi connectivity index (χ1n) is 13.7. The van der Waals surface area contributed by atoms with E-state index in [-0.39, 0.29) is 35.7 Å². The lowest BCUT2D eigenvalue weighted by Gasteiger charge is -2.35. The van der Waals surface area contributed by atoms with Crippen LogP contribution in [0.3, 0.4) is 0 Å². The lowest BCUT2D eigenvalue weighted by molar-refractivity contribution is 0.0947. The number of halogens is 1. The number of urea groups is 1. The Labute approximate surface area is 246 Å². The Morgan fingerprint density at radius 1 is 1.21 bits per heavy atom. The van der Waals surface area contributed by atoms with Crippen LogP contribution in [-0.4, -0.2) is 69.0 Å². The number of amides is 3. The molecule has 222 valence electrons. The van der Waals surface area contributed by atoms with E-state index in [9.17, 15) is 14.0 Å². The van der Waals surface area contributed by atoms with Gasteiger partial charge in [-0.05, 0) is 43.0 Å². The van der Waals surface area contributed by atoms with E-state index in [1.165, 1.54) is 31.9 Å². The maximum Gasteiger partial charge on any atom is 0.322 e. The molecule has 43 heavy (non-hydrogen) atoms. The number of hydrogen-bond acceptors (Lipinski definition) is 8. The molecule has 2 aromatic carbocycles. The van der Waals surface area contributed by atoms with Gasteiger partial charge in [0.05, 0.1) is 37.0 Å². The highest BCUT2D eigenvalue weighted by Crippen LogP contribution is 2.31. The largest absolute Gasteiger partial charge is 0.496 e. The molecule has 3 heterocycles. The third-order valence-corrected chi connectivity index (χ3v) is 7.25. The minimum Gasteiger partial charge on any atom is -0.496 e. The van der Waals surface area contributed by atoms with Gasteiger partial charge in [-0.3, -0.25) is 15.5 Å². The number of aromatic nitrogens is 4. The van der Waals surface area contributed by atoms with Crippen molar-refractivity contribution in [2.24, 2.45) is 4.99 Å². The molecule has 0 aliphatic carbocycles. The third-order valence-electron chi connectivity index (χ3n) is 7.25. The second-order valence-electron chi connectivity index (χ2n) is 9.91. The molecule has 1 fully saturated rings. The van der Waals surface area contributed by atoms with Crippen molar-refractivity contribution < 1.29 is 18.7 Å². The molecule has 0 bridgehead atoms. The van der Waals surface area contributed by atoms with Gasteiger partial charge < -0.3 is 20.7 Å². The van der Waals surface area contributed by atoms with Crippen LogP contribution in [0.1, 0.15) is 35.2 Å². The number of nitrogens with two attached hydrogens (primary N) is 1. The smallest absolute Gasteiger partial charge is 0.322 e. The van der Waals surface area contributed by atoms with E-state index in [1.54, 1.807) is 9.58 Å². The van der Waals surface area contributed by atoms with Gasteiger partial charge in [0.1, 0.15) is 35.7 Å². The van der Waals surface area contributed by atoms with Crippen molar-refractivity contribution in [2.75, 3.05) is 19.4 Å². The summed E-state index contributed by atoms with van der Waals surface area (Å²) in [5.74, 6) is -0.418. The standard InChI is InChI=1S/C29H31FN10O3/c1-43-23-10-9-20(30)12-22(23)28(41)34-13-18-5-7-19(8-6-18)25-24-26(32)35-17-36-27(24)40(38-25)14-21-4-2-3-11-39(21)29(42)37-16-33-15-31/h5-10,12,15-17,21H,2-4,11,13-14H2,1H3,(H,34,41)(H2,32,35,36)(H2,31,33,37,42)/t21-/m1/s1. The predicted octanol–water partition coefficient (Wildman–Crippen LogP) is 3.35. The molecule has 0 radical (unpaired) electrons. The zero-order valence-corrected chi connectivity index (χ0v) is 23.5. The number of fused-ring (bicyclic) bond motifs is 1. The van der Waals surface area contributed by atoms with Gasteiger partial charge in [-0.2, -0.15) is 5.10 Å². The molecule has 1 aliphatic heterocycles. The fraction of sp³-hybridized carbons (Fsp3) is 0.276. The average molecular weight is 587 g/mol. The van der Waals surface area contributed by atoms with Crippen LogP contribution in [0.25, 0.3) is 22.3 Å². The summed E-state index contributed by atoms with van der Waals surface area (Å²) < 4.78 is 20.6. The SMILES string of the molecule is COc1ccc(F)cc1C(=O)NCc1ccc(-c2nn(C[C@H]3CCCCN3C(=O)NC=NC=N)c3ncnc(N)c23)cc1. The number of anilines is 1. The first kappa shape index (κ1) is 29.1. The summed E-state index contributed by atoms with van der Waals surface area (Å²) in [4.78, 5) is 39.5. The predicted molar refractivity (Wildman–Crippen MR) is 159 cm³/mol. The van der Waals surface area contributed by atoms with Gasteiger partial charge in [0, 0.05) is 18.7 Å². The van der Waals surface area contributed by atoms with Crippen LogP contribution in [0.15, 0.2) is 53.8 Å². The van der Waals surface area contributed by atoms with Gasteiger partial charge in [0.2, 0.25) is 0 Å². The van der Waals surface area contributed by atoms with E-state index >= 15 is 0 Å². The molecular formula is C29H31FN10O3. The minimum absolute atomic E-state index is 0.111. The Morgan fingerprint density at radius 3 is 2.79 bits per heavy atom. The van der Waals surface area contributed by atoms with Crippen molar-refractivity contribution in [1.29, 1.82) is 5.41 Å². The number of nitrogen functional groups attached to an aromatic ring is 1. The van der Waals surface area contributed by atoms with Crippen molar-refractivity contribution in [2.45, 2.75) is 38.4 Å². The molecule has 13 nitrogen and oxygen atoms in total. The highest BCUT2D eigenvalue weighted by Gasteiger charge is 2.28. The topological polar surface area (TPSA) is 177 Å². The molecule has 0 unspecified atom stereocenters. The van der Waals surface area contributed by atoms with Crippen molar-refractivity contribution in [3.05, 3.63) is 65.7 Å². The van der Waals surface area contributed by atoms with Crippen LogP contribution in [0.4, 0.5) is 15.0 Å². The second-order valence-corrected chi connectivity index (χ2v) is 9.91. The minimum atomic E-state index is -0.529. The lowest BCUT2D eigenvalue weighted by Crippen LogP contribution is -2.50. The normalized spacial score (nSPS) is 15.0. The van der Waals surface area contributed by atoms with Crippen molar-refractivity contribution in [3.8, 4) is 17.0 Å². The molecule has 1 atom stereocenters. The number of nitrogens with one attached hydrogen (secondary N) is 3. The molecule has 5 rings (SSSR count). The number of methoxy groups -OCH3 is 1. The van der Waals surface area contributed by atoms with Gasteiger partial charge in [-0.25, -0.2) is 28.8 Å². The number of nitrogens with zero attached hydrogens (tertiary/aromatic N) is 6. The second kappa shape index (κ2) is 13.1. The zero-order valence-electron chi connectivity index (χ0n) is 23.5. The quantitative estimate of drug-likeness (QED) is 0.172. The van der Waals surface area contributed by atoms with E-state index in [0.717, 1.165) is 42.8 Å². The fourth-order valence-corrected chi connectivity index (χ4v) is 5.15. The summed E-state index contributed by atoms with van der Waals surface area (Å²) in [6.07, 6.45) is 6.07. The molecule has 3 amide bonds. The molecule has 14 heteroatoms. The van der Waals surface area contributed by atoms with Gasteiger partial charge in [-0.1, -0.05) is 24.3 Å². The first-order valence-corrected chi connectivity index (χ1v) is 13.7. The highest BCUT2D eigenvalue weighted by molar-refractivity contribution is 5.98. The maximum atomic E-state index is 13.7. The van der Waals surface area contributed by atoms with Gasteiger partial charge in [0.15, 0.2) is 5.65 Å². The molecule has 0 saturated carbocycles. The van der Waals surface area contributed by atoms with Crippen molar-refractivity contribution in [3.63, 3.8) is 0 Å². The Kier molecular flexibility index (Phi) is 8.84. The maximum absolute atomic E-state index is 13.7. The summed E-state index contributed by atoms with van der Waals surface area (Å²) in [7, 11) is 1.42. The fourth-order valence-electron chi connectivity index (χ4n) is 5.15. The molecule has 1 aliphatic rings. The average Bonchev–Trinajstić information content (AvgIpc) is 3.39.